The lowest BCUT2D eigenvalue weighted by Crippen LogP contribution is -2.17. The lowest BCUT2D eigenvalue weighted by atomic mass is 10.3. The van der Waals surface area contributed by atoms with E-state index in [1.54, 1.807) is 30.5 Å². The van der Waals surface area contributed by atoms with Gasteiger partial charge in [0.25, 0.3) is 5.91 Å². The minimum atomic E-state index is -0.250. The van der Waals surface area contributed by atoms with Crippen LogP contribution in [0.5, 0.6) is 0 Å². The quantitative estimate of drug-likeness (QED) is 0.845. The number of carbonyl (C=O) groups is 1. The van der Waals surface area contributed by atoms with Crippen LogP contribution in [0.15, 0.2) is 30.5 Å². The van der Waals surface area contributed by atoms with Gasteiger partial charge in [-0.05, 0) is 24.6 Å². The summed E-state index contributed by atoms with van der Waals surface area (Å²) in [6, 6.07) is 6.70. The van der Waals surface area contributed by atoms with Gasteiger partial charge in [-0.3, -0.25) is 4.79 Å². The highest BCUT2D eigenvalue weighted by Gasteiger charge is 2.13. The molecule has 0 spiro atoms. The first-order valence-corrected chi connectivity index (χ1v) is 6.37. The van der Waals surface area contributed by atoms with Gasteiger partial charge in [0.05, 0.1) is 5.69 Å². The van der Waals surface area contributed by atoms with Crippen LogP contribution >= 0.6 is 11.6 Å². The van der Waals surface area contributed by atoms with Gasteiger partial charge in [-0.2, -0.15) is 0 Å². The molecule has 0 bridgehead atoms. The van der Waals surface area contributed by atoms with Gasteiger partial charge < -0.3 is 15.6 Å². The van der Waals surface area contributed by atoms with Crippen molar-refractivity contribution < 1.29 is 4.79 Å². The molecule has 2 aromatic heterocycles. The molecule has 1 amide bonds. The van der Waals surface area contributed by atoms with E-state index in [1.165, 1.54) is 0 Å². The maximum atomic E-state index is 12.2. The highest BCUT2D eigenvalue weighted by Crippen LogP contribution is 2.14. The predicted molar refractivity (Wildman–Crippen MR) is 76.3 cm³/mol. The zero-order valence-electron chi connectivity index (χ0n) is 10.6. The van der Waals surface area contributed by atoms with Crippen LogP contribution in [0.25, 0.3) is 0 Å². The van der Waals surface area contributed by atoms with Crippen LogP contribution in [-0.4, -0.2) is 15.5 Å². The summed E-state index contributed by atoms with van der Waals surface area (Å²) < 4.78 is 1.83. The minimum absolute atomic E-state index is 0.250. The lowest BCUT2D eigenvalue weighted by Gasteiger charge is -2.08. The lowest BCUT2D eigenvalue weighted by molar-refractivity contribution is 0.101. The monoisotopic (exact) mass is 278 g/mol. The van der Waals surface area contributed by atoms with Gasteiger partial charge in [-0.15, -0.1) is 0 Å². The maximum Gasteiger partial charge on any atom is 0.273 e. The second-order valence-electron chi connectivity index (χ2n) is 4.15. The number of nitrogens with one attached hydrogen (secondary N) is 1. The molecule has 0 atom stereocenters. The zero-order valence-corrected chi connectivity index (χ0v) is 11.3. The SMILES string of the molecule is CCCn1cc(N)cc1C(=O)Nc1cccc(Cl)n1. The predicted octanol–water partition coefficient (Wildman–Crippen LogP) is 2.78. The van der Waals surface area contributed by atoms with Crippen LogP contribution in [0, 0.1) is 0 Å². The zero-order chi connectivity index (χ0) is 13.8. The summed E-state index contributed by atoms with van der Waals surface area (Å²) in [6.07, 6.45) is 2.67. The first-order valence-electron chi connectivity index (χ1n) is 5.99. The number of hydrogen-bond donors (Lipinski definition) is 2. The summed E-state index contributed by atoms with van der Waals surface area (Å²) in [4.78, 5) is 16.2. The third-order valence-corrected chi connectivity index (χ3v) is 2.78. The molecule has 5 nitrogen and oxygen atoms in total. The van der Waals surface area contributed by atoms with Crippen LogP contribution in [0.2, 0.25) is 5.15 Å². The Kier molecular flexibility index (Phi) is 4.06. The largest absolute Gasteiger partial charge is 0.397 e. The van der Waals surface area contributed by atoms with Crippen LogP contribution < -0.4 is 11.1 Å². The number of aromatic nitrogens is 2. The van der Waals surface area contributed by atoms with Gasteiger partial charge in [0.15, 0.2) is 0 Å². The Morgan fingerprint density at radius 3 is 3.00 bits per heavy atom. The Bertz CT molecular complexity index is 594. The first-order chi connectivity index (χ1) is 9.10. The minimum Gasteiger partial charge on any atom is -0.397 e. The van der Waals surface area contributed by atoms with E-state index in [2.05, 4.69) is 10.3 Å². The van der Waals surface area contributed by atoms with Crippen LogP contribution in [0.3, 0.4) is 0 Å². The summed E-state index contributed by atoms with van der Waals surface area (Å²) >= 11 is 5.77. The molecule has 2 aromatic rings. The number of nitrogens with zero attached hydrogens (tertiary/aromatic N) is 2. The van der Waals surface area contributed by atoms with Crippen molar-refractivity contribution in [1.82, 2.24) is 9.55 Å². The second kappa shape index (κ2) is 5.75. The maximum absolute atomic E-state index is 12.2. The fourth-order valence-corrected chi connectivity index (χ4v) is 1.97. The standard InChI is InChI=1S/C13H15ClN4O/c1-2-6-18-8-9(15)7-10(18)13(19)17-12-5-3-4-11(14)16-12/h3-5,7-8H,2,6,15H2,1H3,(H,16,17,19). The molecule has 3 N–H and O–H groups in total. The van der Waals surface area contributed by atoms with Crippen molar-refractivity contribution in [3.63, 3.8) is 0 Å². The Morgan fingerprint density at radius 2 is 2.32 bits per heavy atom. The molecule has 6 heteroatoms. The fourth-order valence-electron chi connectivity index (χ4n) is 1.81. The van der Waals surface area contributed by atoms with Crippen LogP contribution in [-0.2, 0) is 6.54 Å². The van der Waals surface area contributed by atoms with E-state index >= 15 is 0 Å². The van der Waals surface area contributed by atoms with Gasteiger partial charge in [0.1, 0.15) is 16.7 Å². The number of carbonyl (C=O) groups excluding carboxylic acids is 1. The Labute approximate surface area is 116 Å². The molecule has 100 valence electrons. The second-order valence-corrected chi connectivity index (χ2v) is 4.54. The molecule has 0 unspecified atom stereocenters. The number of halogens is 1. The Morgan fingerprint density at radius 1 is 1.53 bits per heavy atom. The Balaban J connectivity index is 2.20. The van der Waals surface area contributed by atoms with Gasteiger partial charge in [0, 0.05) is 12.7 Å². The highest BCUT2D eigenvalue weighted by atomic mass is 35.5. The van der Waals surface area contributed by atoms with Gasteiger partial charge in [-0.1, -0.05) is 24.6 Å². The molecular formula is C13H15ClN4O. The summed E-state index contributed by atoms with van der Waals surface area (Å²) in [5.41, 5.74) is 6.81. The average Bonchev–Trinajstić information content (AvgIpc) is 2.71. The van der Waals surface area contributed by atoms with Gasteiger partial charge in [0.2, 0.25) is 0 Å². The van der Waals surface area contributed by atoms with E-state index < -0.39 is 0 Å². The number of pyridine rings is 1. The first kappa shape index (κ1) is 13.4. The molecule has 2 rings (SSSR count). The van der Waals surface area contributed by atoms with Crippen molar-refractivity contribution in [3.05, 3.63) is 41.3 Å². The smallest absolute Gasteiger partial charge is 0.273 e. The molecule has 2 heterocycles. The fraction of sp³-hybridized carbons (Fsp3) is 0.231. The molecule has 0 aliphatic carbocycles. The third kappa shape index (κ3) is 3.26. The molecule has 19 heavy (non-hydrogen) atoms. The van der Waals surface area contributed by atoms with E-state index in [0.29, 0.717) is 22.4 Å². The van der Waals surface area contributed by atoms with Crippen LogP contribution in [0.4, 0.5) is 11.5 Å². The Hall–Kier alpha value is -2.01. The molecule has 0 aliphatic heterocycles. The summed E-state index contributed by atoms with van der Waals surface area (Å²) in [6.45, 7) is 2.78. The van der Waals surface area contributed by atoms with Crippen molar-refractivity contribution in [2.24, 2.45) is 0 Å². The van der Waals surface area contributed by atoms with Gasteiger partial charge >= 0.3 is 0 Å². The molecule has 0 aliphatic rings. The molecule has 0 radical (unpaired) electrons. The highest BCUT2D eigenvalue weighted by molar-refractivity contribution is 6.29. The molecular weight excluding hydrogens is 264 g/mol. The van der Waals surface area contributed by atoms with Crippen LogP contribution in [0.1, 0.15) is 23.8 Å². The molecule has 0 saturated carbocycles. The van der Waals surface area contributed by atoms with Crippen molar-refractivity contribution in [3.8, 4) is 0 Å². The van der Waals surface area contributed by atoms with Crippen molar-refractivity contribution >= 4 is 29.0 Å². The normalized spacial score (nSPS) is 10.4. The topological polar surface area (TPSA) is 72.9 Å². The number of rotatable bonds is 4. The number of aryl methyl sites for hydroxylation is 1. The van der Waals surface area contributed by atoms with E-state index in [0.717, 1.165) is 13.0 Å². The molecule has 0 aromatic carbocycles. The molecule has 0 fully saturated rings. The van der Waals surface area contributed by atoms with E-state index in [9.17, 15) is 4.79 Å². The van der Waals surface area contributed by atoms with E-state index in [4.69, 9.17) is 17.3 Å². The van der Waals surface area contributed by atoms with Gasteiger partial charge in [-0.25, -0.2) is 4.98 Å². The van der Waals surface area contributed by atoms with E-state index in [-0.39, 0.29) is 5.91 Å². The van der Waals surface area contributed by atoms with Crippen molar-refractivity contribution in [1.29, 1.82) is 0 Å². The summed E-state index contributed by atoms with van der Waals surface area (Å²) in [5.74, 6) is 0.167. The third-order valence-electron chi connectivity index (χ3n) is 2.57. The van der Waals surface area contributed by atoms with Crippen molar-refractivity contribution in [2.75, 3.05) is 11.1 Å². The summed E-state index contributed by atoms with van der Waals surface area (Å²) in [7, 11) is 0. The number of nitrogen functional groups attached to an aromatic ring is 1. The number of nitrogens with two attached hydrogens (primary N) is 1. The number of hydrogen-bond acceptors (Lipinski definition) is 3. The number of amides is 1. The summed E-state index contributed by atoms with van der Waals surface area (Å²) in [5, 5.41) is 3.03. The molecule has 0 saturated heterocycles. The number of anilines is 2. The van der Waals surface area contributed by atoms with Crippen molar-refractivity contribution in [2.45, 2.75) is 19.9 Å². The average molecular weight is 279 g/mol. The van der Waals surface area contributed by atoms with E-state index in [1.807, 2.05) is 11.5 Å².